The van der Waals surface area contributed by atoms with Gasteiger partial charge in [0.1, 0.15) is 0 Å². The molecule has 1 aliphatic heterocycles. The Bertz CT molecular complexity index is 625. The molecule has 0 atom stereocenters. The van der Waals surface area contributed by atoms with Gasteiger partial charge in [-0.05, 0) is 53.0 Å². The van der Waals surface area contributed by atoms with Crippen molar-refractivity contribution in [1.29, 1.82) is 0 Å². The summed E-state index contributed by atoms with van der Waals surface area (Å²) in [6, 6.07) is 2.35. The van der Waals surface area contributed by atoms with Gasteiger partial charge in [-0.1, -0.05) is 19.8 Å². The summed E-state index contributed by atoms with van der Waals surface area (Å²) in [5.41, 5.74) is 2.97. The van der Waals surface area contributed by atoms with E-state index in [-0.39, 0.29) is 17.7 Å². The Hall–Kier alpha value is -1.78. The number of unbranched alkanes of at least 4 members (excludes halogenated alkanes) is 2. The molecule has 26 heavy (non-hydrogen) atoms. The zero-order valence-electron chi connectivity index (χ0n) is 17.1. The van der Waals surface area contributed by atoms with Gasteiger partial charge in [0, 0.05) is 43.0 Å². The van der Waals surface area contributed by atoms with Crippen molar-refractivity contribution in [2.75, 3.05) is 19.6 Å². The molecule has 146 valence electrons. The summed E-state index contributed by atoms with van der Waals surface area (Å²) in [6.07, 6.45) is 4.88. The Morgan fingerprint density at radius 1 is 1.19 bits per heavy atom. The number of amides is 2. The van der Waals surface area contributed by atoms with Gasteiger partial charge in [-0.3, -0.25) is 9.59 Å². The average molecular weight is 362 g/mol. The van der Waals surface area contributed by atoms with E-state index in [1.54, 1.807) is 0 Å². The van der Waals surface area contributed by atoms with E-state index in [0.29, 0.717) is 19.1 Å². The average Bonchev–Trinajstić information content (AvgIpc) is 2.92. The van der Waals surface area contributed by atoms with Crippen molar-refractivity contribution >= 4 is 11.8 Å². The highest BCUT2D eigenvalue weighted by atomic mass is 16.2. The second-order valence-electron chi connectivity index (χ2n) is 7.81. The number of nitrogens with one attached hydrogen (secondary N) is 1. The van der Waals surface area contributed by atoms with E-state index in [1.807, 2.05) is 17.9 Å². The minimum atomic E-state index is 0.0452. The summed E-state index contributed by atoms with van der Waals surface area (Å²) in [5, 5.41) is 3.05. The van der Waals surface area contributed by atoms with E-state index in [1.165, 1.54) is 0 Å². The van der Waals surface area contributed by atoms with Crippen LogP contribution in [0, 0.1) is 19.8 Å². The predicted molar refractivity (Wildman–Crippen MR) is 105 cm³/mol. The number of hydrogen-bond acceptors (Lipinski definition) is 2. The lowest BCUT2D eigenvalue weighted by Gasteiger charge is -2.31. The molecule has 0 radical (unpaired) electrons. The van der Waals surface area contributed by atoms with E-state index >= 15 is 0 Å². The molecule has 5 nitrogen and oxygen atoms in total. The number of piperidine rings is 1. The number of nitrogens with zero attached hydrogens (tertiary/aromatic N) is 2. The van der Waals surface area contributed by atoms with Crippen LogP contribution in [-0.2, 0) is 4.79 Å². The van der Waals surface area contributed by atoms with Crippen LogP contribution in [0.25, 0.3) is 0 Å². The zero-order chi connectivity index (χ0) is 19.3. The molecule has 2 rings (SSSR count). The highest BCUT2D eigenvalue weighted by Gasteiger charge is 2.29. The third-order valence-corrected chi connectivity index (χ3v) is 5.46. The van der Waals surface area contributed by atoms with Crippen LogP contribution in [0.1, 0.15) is 80.7 Å². The maximum absolute atomic E-state index is 12.9. The molecule has 1 fully saturated rings. The van der Waals surface area contributed by atoms with Crippen LogP contribution >= 0.6 is 0 Å². The van der Waals surface area contributed by atoms with Crippen LogP contribution in [-0.4, -0.2) is 40.9 Å². The molecule has 1 saturated heterocycles. The molecule has 5 heteroatoms. The zero-order valence-corrected chi connectivity index (χ0v) is 17.1. The number of carbonyl (C=O) groups excluding carboxylic acids is 2. The molecule has 0 bridgehead atoms. The Morgan fingerprint density at radius 2 is 1.85 bits per heavy atom. The topological polar surface area (TPSA) is 54.3 Å². The number of carbonyl (C=O) groups is 2. The second-order valence-corrected chi connectivity index (χ2v) is 7.81. The minimum Gasteiger partial charge on any atom is -0.356 e. The smallest absolute Gasteiger partial charge is 0.255 e. The Kier molecular flexibility index (Phi) is 7.30. The number of aromatic nitrogens is 1. The van der Waals surface area contributed by atoms with Gasteiger partial charge < -0.3 is 14.8 Å². The summed E-state index contributed by atoms with van der Waals surface area (Å²) in [5.74, 6) is 0.307. The number of likely N-dealkylation sites (tertiary alicyclic amines) is 1. The quantitative estimate of drug-likeness (QED) is 0.750. The van der Waals surface area contributed by atoms with Crippen LogP contribution in [0.4, 0.5) is 0 Å². The van der Waals surface area contributed by atoms with Gasteiger partial charge in [-0.15, -0.1) is 0 Å². The minimum absolute atomic E-state index is 0.0452. The highest BCUT2D eigenvalue weighted by molar-refractivity contribution is 5.96. The molecular formula is C21H35N3O2. The van der Waals surface area contributed by atoms with Crippen molar-refractivity contribution in [1.82, 2.24) is 14.8 Å². The summed E-state index contributed by atoms with van der Waals surface area (Å²) in [7, 11) is 0. The van der Waals surface area contributed by atoms with Crippen molar-refractivity contribution < 1.29 is 9.59 Å². The standard InChI is InChI=1S/C21H35N3O2/c1-6-7-8-11-22-20(25)18-9-12-23(13-10-18)21(26)19-14-16(4)24(15(2)3)17(19)5/h14-15,18H,6-13H2,1-5H3,(H,22,25). The molecule has 1 N–H and O–H groups in total. The maximum atomic E-state index is 12.9. The molecule has 0 unspecified atom stereocenters. The highest BCUT2D eigenvalue weighted by Crippen LogP contribution is 2.24. The summed E-state index contributed by atoms with van der Waals surface area (Å²) in [6.45, 7) is 12.6. The predicted octanol–water partition coefficient (Wildman–Crippen LogP) is 3.84. The number of aryl methyl sites for hydroxylation is 1. The van der Waals surface area contributed by atoms with Gasteiger partial charge in [-0.25, -0.2) is 0 Å². The Balaban J connectivity index is 1.91. The molecule has 0 aliphatic carbocycles. The van der Waals surface area contributed by atoms with Crippen LogP contribution < -0.4 is 5.32 Å². The largest absolute Gasteiger partial charge is 0.356 e. The lowest BCUT2D eigenvalue weighted by molar-refractivity contribution is -0.126. The van der Waals surface area contributed by atoms with E-state index in [2.05, 4.69) is 37.6 Å². The molecule has 1 aromatic rings. The summed E-state index contributed by atoms with van der Waals surface area (Å²) < 4.78 is 2.21. The molecule has 0 spiro atoms. The van der Waals surface area contributed by atoms with Crippen molar-refractivity contribution in [3.8, 4) is 0 Å². The fraction of sp³-hybridized carbons (Fsp3) is 0.714. The number of rotatable bonds is 7. The number of hydrogen-bond donors (Lipinski definition) is 1. The van der Waals surface area contributed by atoms with Crippen molar-refractivity contribution in [3.05, 3.63) is 23.0 Å². The van der Waals surface area contributed by atoms with Gasteiger partial charge in [0.2, 0.25) is 5.91 Å². The molecule has 2 heterocycles. The van der Waals surface area contributed by atoms with Gasteiger partial charge in [0.05, 0.1) is 5.56 Å². The lowest BCUT2D eigenvalue weighted by atomic mass is 9.95. The first kappa shape index (κ1) is 20.5. The molecule has 1 aromatic heterocycles. The fourth-order valence-electron chi connectivity index (χ4n) is 4.03. The van der Waals surface area contributed by atoms with Crippen molar-refractivity contribution in [2.24, 2.45) is 5.92 Å². The third kappa shape index (κ3) is 4.68. The lowest BCUT2D eigenvalue weighted by Crippen LogP contribution is -2.43. The van der Waals surface area contributed by atoms with Crippen LogP contribution in [0.15, 0.2) is 6.07 Å². The van der Waals surface area contributed by atoms with Gasteiger partial charge in [0.15, 0.2) is 0 Å². The third-order valence-electron chi connectivity index (χ3n) is 5.46. The van der Waals surface area contributed by atoms with Crippen LogP contribution in [0.2, 0.25) is 0 Å². The first-order valence-electron chi connectivity index (χ1n) is 10.1. The first-order chi connectivity index (χ1) is 12.4. The molecule has 0 aromatic carbocycles. The van der Waals surface area contributed by atoms with Crippen LogP contribution in [0.5, 0.6) is 0 Å². The SMILES string of the molecule is CCCCCNC(=O)C1CCN(C(=O)c2cc(C)n(C(C)C)c2C)CC1. The van der Waals surface area contributed by atoms with E-state index in [0.717, 1.165) is 55.6 Å². The van der Waals surface area contributed by atoms with Crippen molar-refractivity contribution in [3.63, 3.8) is 0 Å². The molecule has 0 saturated carbocycles. The Morgan fingerprint density at radius 3 is 2.38 bits per heavy atom. The normalized spacial score (nSPS) is 15.5. The molecule has 1 aliphatic rings. The molecular weight excluding hydrogens is 326 g/mol. The Labute approximate surface area is 158 Å². The summed E-state index contributed by atoms with van der Waals surface area (Å²) in [4.78, 5) is 27.1. The van der Waals surface area contributed by atoms with E-state index in [9.17, 15) is 9.59 Å². The second kappa shape index (κ2) is 9.24. The fourth-order valence-corrected chi connectivity index (χ4v) is 4.03. The van der Waals surface area contributed by atoms with Crippen molar-refractivity contribution in [2.45, 2.75) is 72.8 Å². The van der Waals surface area contributed by atoms with Gasteiger partial charge >= 0.3 is 0 Å². The monoisotopic (exact) mass is 361 g/mol. The maximum Gasteiger partial charge on any atom is 0.255 e. The van der Waals surface area contributed by atoms with Gasteiger partial charge in [-0.2, -0.15) is 0 Å². The van der Waals surface area contributed by atoms with E-state index in [4.69, 9.17) is 0 Å². The first-order valence-corrected chi connectivity index (χ1v) is 10.1. The summed E-state index contributed by atoms with van der Waals surface area (Å²) >= 11 is 0. The van der Waals surface area contributed by atoms with E-state index < -0.39 is 0 Å². The van der Waals surface area contributed by atoms with Gasteiger partial charge in [0.25, 0.3) is 5.91 Å². The molecule has 2 amide bonds. The van der Waals surface area contributed by atoms with Crippen LogP contribution in [0.3, 0.4) is 0 Å².